The molecule has 0 heterocycles. The molecule has 30 heavy (non-hydrogen) atoms. The van der Waals surface area contributed by atoms with Crippen molar-refractivity contribution < 1.29 is 17.9 Å². The quantitative estimate of drug-likeness (QED) is 0.512. The SMILES string of the molecule is COc1ccc(C(=O)Nc2ccccc2SC)cc1S(=O)(=O)NCc1ccccc1. The van der Waals surface area contributed by atoms with Gasteiger partial charge in [0.2, 0.25) is 10.0 Å². The first-order valence-corrected chi connectivity index (χ1v) is 11.8. The molecular formula is C22H22N2O4S2. The Hall–Kier alpha value is -2.81. The van der Waals surface area contributed by atoms with E-state index in [1.54, 1.807) is 6.07 Å². The number of ether oxygens (including phenoxy) is 1. The van der Waals surface area contributed by atoms with Crippen LogP contribution in [0.4, 0.5) is 5.69 Å². The molecule has 0 aromatic heterocycles. The van der Waals surface area contributed by atoms with Gasteiger partial charge in [-0.3, -0.25) is 4.79 Å². The van der Waals surface area contributed by atoms with Crippen LogP contribution in [0.15, 0.2) is 82.6 Å². The summed E-state index contributed by atoms with van der Waals surface area (Å²) in [5.74, 6) is -0.240. The van der Waals surface area contributed by atoms with E-state index in [1.165, 1.54) is 37.1 Å². The van der Waals surface area contributed by atoms with Gasteiger partial charge < -0.3 is 10.1 Å². The Labute approximate surface area is 180 Å². The summed E-state index contributed by atoms with van der Waals surface area (Å²) in [7, 11) is -2.51. The van der Waals surface area contributed by atoms with Crippen LogP contribution in [-0.4, -0.2) is 27.7 Å². The molecule has 0 aliphatic carbocycles. The Morgan fingerprint density at radius 3 is 2.40 bits per heavy atom. The van der Waals surface area contributed by atoms with Crippen molar-refractivity contribution in [2.45, 2.75) is 16.3 Å². The number of carbonyl (C=O) groups excluding carboxylic acids is 1. The number of amides is 1. The standard InChI is InChI=1S/C22H22N2O4S2/c1-28-19-13-12-17(22(25)24-18-10-6-7-11-20(18)29-2)14-21(19)30(26,27)23-15-16-8-4-3-5-9-16/h3-14,23H,15H2,1-2H3,(H,24,25). The molecule has 3 aromatic carbocycles. The smallest absolute Gasteiger partial charge is 0.255 e. The maximum absolute atomic E-state index is 12.9. The van der Waals surface area contributed by atoms with Crippen molar-refractivity contribution in [1.82, 2.24) is 4.72 Å². The number of hydrogen-bond donors (Lipinski definition) is 2. The van der Waals surface area contributed by atoms with E-state index in [-0.39, 0.29) is 22.8 Å². The van der Waals surface area contributed by atoms with Crippen LogP contribution in [-0.2, 0) is 16.6 Å². The molecule has 6 nitrogen and oxygen atoms in total. The molecule has 0 radical (unpaired) electrons. The first-order valence-electron chi connectivity index (χ1n) is 9.10. The van der Waals surface area contributed by atoms with Gasteiger partial charge in [-0.2, -0.15) is 0 Å². The molecule has 156 valence electrons. The van der Waals surface area contributed by atoms with Crippen molar-refractivity contribution in [3.05, 3.63) is 83.9 Å². The first kappa shape index (κ1) is 21.9. The van der Waals surface area contributed by atoms with Gasteiger partial charge in [0.1, 0.15) is 10.6 Å². The third kappa shape index (κ3) is 5.21. The van der Waals surface area contributed by atoms with E-state index in [0.29, 0.717) is 5.69 Å². The Morgan fingerprint density at radius 1 is 1.00 bits per heavy atom. The molecular weight excluding hydrogens is 420 g/mol. The van der Waals surface area contributed by atoms with Gasteiger partial charge in [-0.1, -0.05) is 42.5 Å². The Balaban J connectivity index is 1.86. The lowest BCUT2D eigenvalue weighted by atomic mass is 10.2. The molecule has 0 spiro atoms. The number of anilines is 1. The van der Waals surface area contributed by atoms with Gasteiger partial charge in [0.25, 0.3) is 5.91 Å². The van der Waals surface area contributed by atoms with Crippen LogP contribution in [0, 0.1) is 0 Å². The van der Waals surface area contributed by atoms with Gasteiger partial charge in [-0.05, 0) is 42.2 Å². The van der Waals surface area contributed by atoms with Crippen LogP contribution in [0.25, 0.3) is 0 Å². The van der Waals surface area contributed by atoms with Crippen molar-refractivity contribution in [2.24, 2.45) is 0 Å². The van der Waals surface area contributed by atoms with E-state index in [1.807, 2.05) is 54.8 Å². The molecule has 0 aliphatic rings. The van der Waals surface area contributed by atoms with E-state index < -0.39 is 15.9 Å². The number of thioether (sulfide) groups is 1. The summed E-state index contributed by atoms with van der Waals surface area (Å²) >= 11 is 1.51. The molecule has 0 atom stereocenters. The van der Waals surface area contributed by atoms with Crippen LogP contribution >= 0.6 is 11.8 Å². The third-order valence-electron chi connectivity index (χ3n) is 4.38. The number of nitrogens with one attached hydrogen (secondary N) is 2. The number of hydrogen-bond acceptors (Lipinski definition) is 5. The topological polar surface area (TPSA) is 84.5 Å². The lowest BCUT2D eigenvalue weighted by Gasteiger charge is -2.13. The lowest BCUT2D eigenvalue weighted by molar-refractivity contribution is 0.102. The summed E-state index contributed by atoms with van der Waals surface area (Å²) in [6.07, 6.45) is 1.92. The van der Waals surface area contributed by atoms with Gasteiger partial charge in [-0.25, -0.2) is 13.1 Å². The summed E-state index contributed by atoms with van der Waals surface area (Å²) in [5.41, 5.74) is 1.70. The second-order valence-corrected chi connectivity index (χ2v) is 8.91. The fourth-order valence-electron chi connectivity index (χ4n) is 2.82. The van der Waals surface area contributed by atoms with Gasteiger partial charge in [0.15, 0.2) is 0 Å². The number of para-hydroxylation sites is 1. The largest absolute Gasteiger partial charge is 0.495 e. The predicted octanol–water partition coefficient (Wildman–Crippen LogP) is 4.15. The zero-order chi connectivity index (χ0) is 21.6. The van der Waals surface area contributed by atoms with Gasteiger partial charge in [0, 0.05) is 17.0 Å². The third-order valence-corrected chi connectivity index (χ3v) is 6.60. The molecule has 0 saturated heterocycles. The van der Waals surface area contributed by atoms with Crippen molar-refractivity contribution >= 4 is 33.4 Å². The van der Waals surface area contributed by atoms with E-state index in [4.69, 9.17) is 4.74 Å². The van der Waals surface area contributed by atoms with E-state index in [9.17, 15) is 13.2 Å². The summed E-state index contributed by atoms with van der Waals surface area (Å²) in [6.45, 7) is 0.129. The van der Waals surface area contributed by atoms with E-state index in [0.717, 1.165) is 10.5 Å². The number of sulfonamides is 1. The monoisotopic (exact) mass is 442 g/mol. The van der Waals surface area contributed by atoms with Crippen molar-refractivity contribution in [3.63, 3.8) is 0 Å². The van der Waals surface area contributed by atoms with E-state index >= 15 is 0 Å². The summed E-state index contributed by atoms with van der Waals surface area (Å²) in [5, 5.41) is 2.84. The highest BCUT2D eigenvalue weighted by molar-refractivity contribution is 7.98. The van der Waals surface area contributed by atoms with Gasteiger partial charge in [0.05, 0.1) is 12.8 Å². The summed E-state index contributed by atoms with van der Waals surface area (Å²) in [6, 6.07) is 20.9. The maximum Gasteiger partial charge on any atom is 0.255 e. The van der Waals surface area contributed by atoms with Crippen molar-refractivity contribution in [1.29, 1.82) is 0 Å². The number of benzene rings is 3. The van der Waals surface area contributed by atoms with Crippen LogP contribution in [0.1, 0.15) is 15.9 Å². The summed E-state index contributed by atoms with van der Waals surface area (Å²) in [4.78, 5) is 13.6. The minimum Gasteiger partial charge on any atom is -0.495 e. The predicted molar refractivity (Wildman–Crippen MR) is 120 cm³/mol. The number of rotatable bonds is 8. The Morgan fingerprint density at radius 2 is 1.70 bits per heavy atom. The maximum atomic E-state index is 12.9. The average molecular weight is 443 g/mol. The van der Waals surface area contributed by atoms with Crippen molar-refractivity contribution in [3.8, 4) is 5.75 Å². The van der Waals surface area contributed by atoms with Crippen LogP contribution < -0.4 is 14.8 Å². The van der Waals surface area contributed by atoms with Crippen LogP contribution in [0.5, 0.6) is 5.75 Å². The highest BCUT2D eigenvalue weighted by Crippen LogP contribution is 2.28. The number of carbonyl (C=O) groups is 1. The second-order valence-electron chi connectivity index (χ2n) is 6.33. The van der Waals surface area contributed by atoms with Crippen molar-refractivity contribution in [2.75, 3.05) is 18.7 Å². The molecule has 2 N–H and O–H groups in total. The molecule has 8 heteroatoms. The van der Waals surface area contributed by atoms with Gasteiger partial charge >= 0.3 is 0 Å². The lowest BCUT2D eigenvalue weighted by Crippen LogP contribution is -2.24. The Kier molecular flexibility index (Phi) is 7.15. The van der Waals surface area contributed by atoms with E-state index in [2.05, 4.69) is 10.0 Å². The number of methoxy groups -OCH3 is 1. The molecule has 0 aliphatic heterocycles. The van der Waals surface area contributed by atoms with Crippen LogP contribution in [0.3, 0.4) is 0 Å². The highest BCUT2D eigenvalue weighted by Gasteiger charge is 2.22. The normalized spacial score (nSPS) is 11.1. The zero-order valence-corrected chi connectivity index (χ0v) is 18.2. The molecule has 0 fully saturated rings. The summed E-state index contributed by atoms with van der Waals surface area (Å²) < 4.78 is 33.6. The van der Waals surface area contributed by atoms with Crippen LogP contribution in [0.2, 0.25) is 0 Å². The second kappa shape index (κ2) is 9.80. The fourth-order valence-corrected chi connectivity index (χ4v) is 4.59. The molecule has 3 rings (SSSR count). The molecule has 0 bridgehead atoms. The minimum atomic E-state index is -3.90. The average Bonchev–Trinajstić information content (AvgIpc) is 2.78. The molecule has 3 aromatic rings. The zero-order valence-electron chi connectivity index (χ0n) is 16.6. The molecule has 0 saturated carbocycles. The minimum absolute atomic E-state index is 0.0910. The Bertz CT molecular complexity index is 1130. The first-order chi connectivity index (χ1) is 14.4. The molecule has 0 unspecified atom stereocenters. The highest BCUT2D eigenvalue weighted by atomic mass is 32.2. The van der Waals surface area contributed by atoms with Gasteiger partial charge in [-0.15, -0.1) is 11.8 Å². The fraction of sp³-hybridized carbons (Fsp3) is 0.136. The molecule has 1 amide bonds.